The van der Waals surface area contributed by atoms with Gasteiger partial charge < -0.3 is 15.3 Å². The third-order valence-corrected chi connectivity index (χ3v) is 3.63. The first kappa shape index (κ1) is 17.0. The Kier molecular flexibility index (Phi) is 6.21. The molecule has 1 aromatic rings. The molecule has 5 heteroatoms. The van der Waals surface area contributed by atoms with Crippen LogP contribution in [0.15, 0.2) is 18.2 Å². The van der Waals surface area contributed by atoms with Gasteiger partial charge in [-0.2, -0.15) is 0 Å². The minimum absolute atomic E-state index is 0.114. The summed E-state index contributed by atoms with van der Waals surface area (Å²) in [4.78, 5) is 25.3. The maximum absolute atomic E-state index is 12.3. The monoisotopic (exact) mass is 292 g/mol. The molecule has 1 atom stereocenters. The van der Waals surface area contributed by atoms with Gasteiger partial charge in [0, 0.05) is 13.1 Å². The molecule has 0 saturated heterocycles. The van der Waals surface area contributed by atoms with Crippen LogP contribution in [0.4, 0.5) is 10.5 Å². The van der Waals surface area contributed by atoms with Crippen molar-refractivity contribution in [1.29, 1.82) is 0 Å². The average molecular weight is 292 g/mol. The highest BCUT2D eigenvalue weighted by molar-refractivity contribution is 6.00. The largest absolute Gasteiger partial charge is 0.478 e. The Morgan fingerprint density at radius 3 is 2.52 bits per heavy atom. The van der Waals surface area contributed by atoms with E-state index in [9.17, 15) is 14.7 Å². The van der Waals surface area contributed by atoms with Gasteiger partial charge in [-0.05, 0) is 31.4 Å². The van der Waals surface area contributed by atoms with E-state index in [1.807, 2.05) is 6.92 Å². The second-order valence-corrected chi connectivity index (χ2v) is 5.28. The van der Waals surface area contributed by atoms with Gasteiger partial charge >= 0.3 is 12.0 Å². The molecular weight excluding hydrogens is 268 g/mol. The number of carbonyl (C=O) groups excluding carboxylic acids is 1. The summed E-state index contributed by atoms with van der Waals surface area (Å²) in [6.45, 7) is 9.12. The highest BCUT2D eigenvalue weighted by Crippen LogP contribution is 2.21. The molecular formula is C16H24N2O3. The van der Waals surface area contributed by atoms with Crippen LogP contribution in [0.1, 0.15) is 43.1 Å². The molecule has 0 saturated carbocycles. The summed E-state index contributed by atoms with van der Waals surface area (Å²) >= 11 is 0. The van der Waals surface area contributed by atoms with Gasteiger partial charge in [0.15, 0.2) is 0 Å². The third kappa shape index (κ3) is 4.48. The number of nitrogens with one attached hydrogen (secondary N) is 1. The molecule has 116 valence electrons. The van der Waals surface area contributed by atoms with E-state index < -0.39 is 5.97 Å². The quantitative estimate of drug-likeness (QED) is 0.841. The van der Waals surface area contributed by atoms with Crippen LogP contribution in [0.3, 0.4) is 0 Å². The molecule has 0 fully saturated rings. The van der Waals surface area contributed by atoms with Gasteiger partial charge in [-0.3, -0.25) is 0 Å². The van der Waals surface area contributed by atoms with Crippen LogP contribution in [-0.4, -0.2) is 35.1 Å². The van der Waals surface area contributed by atoms with Crippen LogP contribution in [-0.2, 0) is 0 Å². The van der Waals surface area contributed by atoms with Gasteiger partial charge in [0.25, 0.3) is 0 Å². The zero-order valence-corrected chi connectivity index (χ0v) is 13.1. The third-order valence-electron chi connectivity index (χ3n) is 3.63. The number of carboxylic acid groups (broad SMARTS) is 1. The summed E-state index contributed by atoms with van der Waals surface area (Å²) in [6.07, 6.45) is 0.995. The number of carboxylic acids is 1. The number of nitrogens with zero attached hydrogens (tertiary/aromatic N) is 1. The lowest BCUT2D eigenvalue weighted by atomic mass is 10.1. The lowest BCUT2D eigenvalue weighted by Gasteiger charge is -2.25. The van der Waals surface area contributed by atoms with Crippen molar-refractivity contribution in [3.63, 3.8) is 0 Å². The number of urea groups is 1. The van der Waals surface area contributed by atoms with Gasteiger partial charge in [0.05, 0.1) is 11.3 Å². The summed E-state index contributed by atoms with van der Waals surface area (Å²) in [5.41, 5.74) is 1.23. The first-order valence-corrected chi connectivity index (χ1v) is 7.29. The average Bonchev–Trinajstić information content (AvgIpc) is 2.45. The zero-order chi connectivity index (χ0) is 16.0. The number of carbonyl (C=O) groups is 2. The Hall–Kier alpha value is -2.04. The smallest absolute Gasteiger partial charge is 0.337 e. The molecule has 5 nitrogen and oxygen atoms in total. The number of benzene rings is 1. The lowest BCUT2D eigenvalue weighted by Crippen LogP contribution is -2.38. The van der Waals surface area contributed by atoms with Crippen LogP contribution in [0.25, 0.3) is 0 Å². The van der Waals surface area contributed by atoms with E-state index in [1.54, 1.807) is 24.0 Å². The van der Waals surface area contributed by atoms with E-state index in [2.05, 4.69) is 19.2 Å². The molecule has 0 aliphatic carbocycles. The van der Waals surface area contributed by atoms with Crippen LogP contribution in [0.2, 0.25) is 0 Å². The number of amides is 2. The van der Waals surface area contributed by atoms with E-state index in [0.717, 1.165) is 12.0 Å². The molecule has 0 radical (unpaired) electrons. The van der Waals surface area contributed by atoms with Gasteiger partial charge in [0.2, 0.25) is 0 Å². The Balaban J connectivity index is 2.94. The molecule has 2 N–H and O–H groups in total. The summed E-state index contributed by atoms with van der Waals surface area (Å²) in [6, 6.07) is 4.70. The Bertz CT molecular complexity index is 514. The van der Waals surface area contributed by atoms with Crippen molar-refractivity contribution in [2.24, 2.45) is 5.92 Å². The van der Waals surface area contributed by atoms with E-state index in [4.69, 9.17) is 0 Å². The summed E-state index contributed by atoms with van der Waals surface area (Å²) in [5, 5.41) is 12.0. The van der Waals surface area contributed by atoms with Crippen molar-refractivity contribution in [2.45, 2.75) is 34.1 Å². The standard InChI is InChI=1S/C16H24N2O3/c1-5-11(3)10-18(6-2)16(21)17-14-12(4)8-7-9-13(14)15(19)20/h7-9,11H,5-6,10H2,1-4H3,(H,17,21)(H,19,20). The highest BCUT2D eigenvalue weighted by Gasteiger charge is 2.18. The summed E-state index contributed by atoms with van der Waals surface area (Å²) in [5.74, 6) is -0.634. The molecule has 0 heterocycles. The fourth-order valence-electron chi connectivity index (χ4n) is 2.06. The first-order valence-electron chi connectivity index (χ1n) is 7.29. The lowest BCUT2D eigenvalue weighted by molar-refractivity contribution is 0.0698. The van der Waals surface area contributed by atoms with Crippen molar-refractivity contribution in [3.8, 4) is 0 Å². The fourth-order valence-corrected chi connectivity index (χ4v) is 2.06. The molecule has 1 rings (SSSR count). The number of aromatic carboxylic acids is 1. The molecule has 1 unspecified atom stereocenters. The molecule has 0 aliphatic rings. The van der Waals surface area contributed by atoms with E-state index in [0.29, 0.717) is 24.7 Å². The van der Waals surface area contributed by atoms with Crippen molar-refractivity contribution < 1.29 is 14.7 Å². The summed E-state index contributed by atoms with van der Waals surface area (Å²) < 4.78 is 0. The number of aryl methyl sites for hydroxylation is 1. The maximum Gasteiger partial charge on any atom is 0.337 e. The molecule has 1 aromatic carbocycles. The first-order chi connectivity index (χ1) is 9.90. The van der Waals surface area contributed by atoms with Crippen molar-refractivity contribution in [2.75, 3.05) is 18.4 Å². The van der Waals surface area contributed by atoms with Gasteiger partial charge in [-0.15, -0.1) is 0 Å². The molecule has 0 spiro atoms. The topological polar surface area (TPSA) is 69.6 Å². The van der Waals surface area contributed by atoms with E-state index in [-0.39, 0.29) is 11.6 Å². The predicted octanol–water partition coefficient (Wildman–Crippen LogP) is 3.59. The Labute approximate surface area is 126 Å². The number of para-hydroxylation sites is 1. The second kappa shape index (κ2) is 7.67. The molecule has 2 amide bonds. The number of hydrogen-bond donors (Lipinski definition) is 2. The molecule has 21 heavy (non-hydrogen) atoms. The zero-order valence-electron chi connectivity index (χ0n) is 13.1. The minimum atomic E-state index is -1.04. The van der Waals surface area contributed by atoms with Crippen LogP contribution in [0, 0.1) is 12.8 Å². The molecule has 0 aliphatic heterocycles. The van der Waals surface area contributed by atoms with Gasteiger partial charge in [-0.1, -0.05) is 32.4 Å². The summed E-state index contributed by atoms with van der Waals surface area (Å²) in [7, 11) is 0. The van der Waals surface area contributed by atoms with Crippen LogP contribution >= 0.6 is 0 Å². The van der Waals surface area contributed by atoms with Crippen molar-refractivity contribution >= 4 is 17.7 Å². The van der Waals surface area contributed by atoms with Gasteiger partial charge in [0.1, 0.15) is 0 Å². The Morgan fingerprint density at radius 1 is 1.33 bits per heavy atom. The fraction of sp³-hybridized carbons (Fsp3) is 0.500. The van der Waals surface area contributed by atoms with Crippen molar-refractivity contribution in [1.82, 2.24) is 4.90 Å². The number of anilines is 1. The highest BCUT2D eigenvalue weighted by atomic mass is 16.4. The van der Waals surface area contributed by atoms with E-state index in [1.165, 1.54) is 6.07 Å². The molecule has 0 bridgehead atoms. The number of rotatable bonds is 6. The second-order valence-electron chi connectivity index (χ2n) is 5.28. The maximum atomic E-state index is 12.3. The predicted molar refractivity (Wildman–Crippen MR) is 83.9 cm³/mol. The minimum Gasteiger partial charge on any atom is -0.478 e. The van der Waals surface area contributed by atoms with Crippen LogP contribution in [0.5, 0.6) is 0 Å². The number of hydrogen-bond acceptors (Lipinski definition) is 2. The van der Waals surface area contributed by atoms with Gasteiger partial charge in [-0.25, -0.2) is 9.59 Å². The Morgan fingerprint density at radius 2 is 2.00 bits per heavy atom. The van der Waals surface area contributed by atoms with E-state index >= 15 is 0 Å². The van der Waals surface area contributed by atoms with Crippen LogP contribution < -0.4 is 5.32 Å². The SMILES string of the molecule is CCC(C)CN(CC)C(=O)Nc1c(C)cccc1C(=O)O. The van der Waals surface area contributed by atoms with Crippen molar-refractivity contribution in [3.05, 3.63) is 29.3 Å². The molecule has 0 aromatic heterocycles. The normalized spacial score (nSPS) is 11.8.